The van der Waals surface area contributed by atoms with Gasteiger partial charge in [-0.2, -0.15) is 0 Å². The summed E-state index contributed by atoms with van der Waals surface area (Å²) in [7, 11) is 0. The maximum atomic E-state index is 12.2. The number of nitrogens with zero attached hydrogens (tertiary/aromatic N) is 1. The molecule has 6 nitrogen and oxygen atoms in total. The van der Waals surface area contributed by atoms with Crippen molar-refractivity contribution in [1.29, 1.82) is 0 Å². The largest absolute Gasteiger partial charge is 0.489 e. The second-order valence-electron chi connectivity index (χ2n) is 5.44. The van der Waals surface area contributed by atoms with E-state index in [9.17, 15) is 14.9 Å². The van der Waals surface area contributed by atoms with Crippen molar-refractivity contribution >= 4 is 11.7 Å². The van der Waals surface area contributed by atoms with Gasteiger partial charge in [0.1, 0.15) is 18.1 Å². The molecular formula is C20H15NO5. The number of esters is 1. The first kappa shape index (κ1) is 17.2. The van der Waals surface area contributed by atoms with Gasteiger partial charge in [-0.15, -0.1) is 0 Å². The van der Waals surface area contributed by atoms with E-state index in [2.05, 4.69) is 0 Å². The molecule has 0 spiro atoms. The number of rotatable bonds is 6. The van der Waals surface area contributed by atoms with E-state index in [4.69, 9.17) is 9.47 Å². The number of ether oxygens (including phenoxy) is 2. The number of carbonyl (C=O) groups is 1. The predicted molar refractivity (Wildman–Crippen MR) is 95.3 cm³/mol. The van der Waals surface area contributed by atoms with Gasteiger partial charge in [0.25, 0.3) is 5.69 Å². The van der Waals surface area contributed by atoms with Gasteiger partial charge in [-0.25, -0.2) is 4.79 Å². The number of hydrogen-bond acceptors (Lipinski definition) is 5. The van der Waals surface area contributed by atoms with Gasteiger partial charge < -0.3 is 9.47 Å². The highest BCUT2D eigenvalue weighted by Gasteiger charge is 2.12. The van der Waals surface area contributed by atoms with Crippen molar-refractivity contribution in [2.24, 2.45) is 0 Å². The van der Waals surface area contributed by atoms with Crippen molar-refractivity contribution in [3.63, 3.8) is 0 Å². The van der Waals surface area contributed by atoms with Crippen LogP contribution in [0.3, 0.4) is 0 Å². The van der Waals surface area contributed by atoms with Gasteiger partial charge >= 0.3 is 5.97 Å². The second-order valence-corrected chi connectivity index (χ2v) is 5.44. The Morgan fingerprint density at radius 1 is 0.885 bits per heavy atom. The van der Waals surface area contributed by atoms with E-state index in [0.29, 0.717) is 12.2 Å². The maximum absolute atomic E-state index is 12.2. The summed E-state index contributed by atoms with van der Waals surface area (Å²) in [6.07, 6.45) is 0. The van der Waals surface area contributed by atoms with Crippen LogP contribution in [0.4, 0.5) is 5.69 Å². The molecule has 3 rings (SSSR count). The molecule has 0 aliphatic heterocycles. The van der Waals surface area contributed by atoms with Gasteiger partial charge in [-0.1, -0.05) is 36.4 Å². The molecule has 0 N–H and O–H groups in total. The molecule has 0 bridgehead atoms. The monoisotopic (exact) mass is 349 g/mol. The number of carbonyl (C=O) groups excluding carboxylic acids is 1. The third kappa shape index (κ3) is 4.45. The van der Waals surface area contributed by atoms with Crippen molar-refractivity contribution in [3.8, 4) is 11.5 Å². The minimum absolute atomic E-state index is 0.126. The van der Waals surface area contributed by atoms with Gasteiger partial charge in [0.2, 0.25) is 0 Å². The zero-order valence-electron chi connectivity index (χ0n) is 13.7. The van der Waals surface area contributed by atoms with Crippen molar-refractivity contribution < 1.29 is 19.2 Å². The smallest absolute Gasteiger partial charge is 0.343 e. The molecule has 0 aromatic heterocycles. The highest BCUT2D eigenvalue weighted by atomic mass is 16.6. The molecule has 3 aromatic carbocycles. The van der Waals surface area contributed by atoms with Crippen molar-refractivity contribution in [2.45, 2.75) is 6.61 Å². The molecule has 0 atom stereocenters. The van der Waals surface area contributed by atoms with E-state index in [1.54, 1.807) is 24.3 Å². The molecule has 0 aliphatic carbocycles. The molecule has 0 amide bonds. The van der Waals surface area contributed by atoms with Crippen LogP contribution < -0.4 is 9.47 Å². The third-order valence-corrected chi connectivity index (χ3v) is 3.58. The minimum Gasteiger partial charge on any atom is -0.489 e. The number of nitro groups is 1. The molecule has 0 heterocycles. The van der Waals surface area contributed by atoms with Crippen molar-refractivity contribution in [3.05, 3.63) is 100 Å². The second kappa shape index (κ2) is 7.94. The Kier molecular flexibility index (Phi) is 5.24. The number of hydrogen-bond donors (Lipinski definition) is 0. The van der Waals surface area contributed by atoms with Gasteiger partial charge in [0.05, 0.1) is 16.6 Å². The maximum Gasteiger partial charge on any atom is 0.343 e. The highest BCUT2D eigenvalue weighted by molar-refractivity contribution is 5.91. The standard InChI is InChI=1S/C20H15NO5/c22-20(26-19-8-4-5-17(13-19)21(23)24)16-11-9-15(10-12-16)14-25-18-6-2-1-3-7-18/h1-13H,14H2. The molecule has 6 heteroatoms. The van der Waals surface area contributed by atoms with Crippen LogP contribution in [0.25, 0.3) is 0 Å². The van der Waals surface area contributed by atoms with Crippen LogP contribution >= 0.6 is 0 Å². The van der Waals surface area contributed by atoms with Gasteiger partial charge in [-0.3, -0.25) is 10.1 Å². The van der Waals surface area contributed by atoms with Crippen LogP contribution in [0.5, 0.6) is 11.5 Å². The van der Waals surface area contributed by atoms with E-state index < -0.39 is 10.9 Å². The third-order valence-electron chi connectivity index (χ3n) is 3.58. The quantitative estimate of drug-likeness (QED) is 0.285. The van der Waals surface area contributed by atoms with Crippen LogP contribution in [0.1, 0.15) is 15.9 Å². The zero-order valence-corrected chi connectivity index (χ0v) is 13.7. The number of benzene rings is 3. The molecular weight excluding hydrogens is 334 g/mol. The summed E-state index contributed by atoms with van der Waals surface area (Å²) >= 11 is 0. The molecule has 0 saturated heterocycles. The Balaban J connectivity index is 1.61. The average Bonchev–Trinajstić information content (AvgIpc) is 2.68. The van der Waals surface area contributed by atoms with Gasteiger partial charge in [0, 0.05) is 6.07 Å². The average molecular weight is 349 g/mol. The lowest BCUT2D eigenvalue weighted by Crippen LogP contribution is -2.08. The summed E-state index contributed by atoms with van der Waals surface area (Å²) in [5.74, 6) is 0.309. The van der Waals surface area contributed by atoms with E-state index in [-0.39, 0.29) is 11.4 Å². The first-order chi connectivity index (χ1) is 12.6. The van der Waals surface area contributed by atoms with Gasteiger partial charge in [-0.05, 0) is 35.9 Å². The van der Waals surface area contributed by atoms with Gasteiger partial charge in [0.15, 0.2) is 0 Å². The first-order valence-corrected chi connectivity index (χ1v) is 7.85. The Morgan fingerprint density at radius 2 is 1.58 bits per heavy atom. The van der Waals surface area contributed by atoms with Crippen molar-refractivity contribution in [1.82, 2.24) is 0 Å². The SMILES string of the molecule is O=C(Oc1cccc([N+](=O)[O-])c1)c1ccc(COc2ccccc2)cc1. The zero-order chi connectivity index (χ0) is 18.4. The summed E-state index contributed by atoms with van der Waals surface area (Å²) in [5.41, 5.74) is 1.12. The lowest BCUT2D eigenvalue weighted by Gasteiger charge is -2.07. The van der Waals surface area contributed by atoms with Crippen LogP contribution in [0, 0.1) is 10.1 Å². The summed E-state index contributed by atoms with van der Waals surface area (Å²) in [4.78, 5) is 22.4. The highest BCUT2D eigenvalue weighted by Crippen LogP contribution is 2.20. The van der Waals surface area contributed by atoms with Crippen LogP contribution in [-0.2, 0) is 6.61 Å². The molecule has 3 aromatic rings. The Bertz CT molecular complexity index is 907. The van der Waals surface area contributed by atoms with Crippen molar-refractivity contribution in [2.75, 3.05) is 0 Å². The fourth-order valence-electron chi connectivity index (χ4n) is 2.25. The minimum atomic E-state index is -0.582. The summed E-state index contributed by atoms with van der Waals surface area (Å²) in [6, 6.07) is 21.7. The number of nitro benzene ring substituents is 1. The van der Waals surface area contributed by atoms with Crippen LogP contribution in [0.15, 0.2) is 78.9 Å². The lowest BCUT2D eigenvalue weighted by atomic mass is 10.1. The van der Waals surface area contributed by atoms with E-state index >= 15 is 0 Å². The summed E-state index contributed by atoms with van der Waals surface area (Å²) < 4.78 is 10.8. The van der Waals surface area contributed by atoms with Crippen LogP contribution in [-0.4, -0.2) is 10.9 Å². The molecule has 0 aliphatic rings. The van der Waals surface area contributed by atoms with Crippen LogP contribution in [0.2, 0.25) is 0 Å². The fourth-order valence-corrected chi connectivity index (χ4v) is 2.25. The summed E-state index contributed by atoms with van der Waals surface area (Å²) in [6.45, 7) is 0.379. The molecule has 0 fully saturated rings. The molecule has 26 heavy (non-hydrogen) atoms. The Morgan fingerprint density at radius 3 is 2.27 bits per heavy atom. The number of non-ortho nitro benzene ring substituents is 1. The lowest BCUT2D eigenvalue weighted by molar-refractivity contribution is -0.384. The normalized spacial score (nSPS) is 10.2. The van der Waals surface area contributed by atoms with E-state index in [0.717, 1.165) is 11.3 Å². The first-order valence-electron chi connectivity index (χ1n) is 7.85. The molecule has 0 saturated carbocycles. The van der Waals surface area contributed by atoms with E-state index in [1.807, 2.05) is 30.3 Å². The number of para-hydroxylation sites is 1. The topological polar surface area (TPSA) is 78.7 Å². The Labute approximate surface area is 149 Å². The molecule has 130 valence electrons. The summed E-state index contributed by atoms with van der Waals surface area (Å²) in [5, 5.41) is 10.8. The molecule has 0 unspecified atom stereocenters. The predicted octanol–water partition coefficient (Wildman–Crippen LogP) is 4.39. The molecule has 0 radical (unpaired) electrons. The fraction of sp³-hybridized carbons (Fsp3) is 0.0500. The van der Waals surface area contributed by atoms with E-state index in [1.165, 1.54) is 24.3 Å². The Hall–Kier alpha value is -3.67.